The third-order valence-corrected chi connectivity index (χ3v) is 8.38. The van der Waals surface area contributed by atoms with E-state index in [9.17, 15) is 9.36 Å². The van der Waals surface area contributed by atoms with Crippen LogP contribution >= 0.6 is 7.14 Å². The van der Waals surface area contributed by atoms with Gasteiger partial charge in [-0.3, -0.25) is 0 Å². The van der Waals surface area contributed by atoms with Crippen molar-refractivity contribution in [1.29, 1.82) is 0 Å². The van der Waals surface area contributed by atoms with Gasteiger partial charge in [0.05, 0.1) is 12.3 Å². The number of allylic oxidation sites excluding steroid dienone is 2. The van der Waals surface area contributed by atoms with E-state index in [0.717, 1.165) is 10.6 Å². The molecule has 27 heavy (non-hydrogen) atoms. The average Bonchev–Trinajstić information content (AvgIpc) is 2.73. The molecule has 1 heterocycles. The summed E-state index contributed by atoms with van der Waals surface area (Å²) in [5.41, 5.74) is 0. The number of esters is 1. The number of hydrogen-bond acceptors (Lipinski definition) is 4. The topological polar surface area (TPSA) is 46.6 Å². The number of hydrogen-bond donors (Lipinski definition) is 0. The van der Waals surface area contributed by atoms with Gasteiger partial charge in [0.15, 0.2) is 7.14 Å². The van der Waals surface area contributed by atoms with E-state index in [1.807, 2.05) is 92.1 Å². The molecular formula is C22H22NO3P. The van der Waals surface area contributed by atoms with Crippen molar-refractivity contribution in [2.75, 3.05) is 7.11 Å². The van der Waals surface area contributed by atoms with Crippen molar-refractivity contribution in [3.05, 3.63) is 97.5 Å². The van der Waals surface area contributed by atoms with Crippen LogP contribution in [0.1, 0.15) is 6.92 Å². The number of benzene rings is 2. The van der Waals surface area contributed by atoms with Crippen molar-refractivity contribution in [1.82, 2.24) is 4.90 Å². The first-order valence-corrected chi connectivity index (χ1v) is 10.3. The molecule has 0 bridgehead atoms. The Labute approximate surface area is 159 Å². The summed E-state index contributed by atoms with van der Waals surface area (Å²) in [6, 6.07) is 19.2. The van der Waals surface area contributed by atoms with E-state index in [1.54, 1.807) is 11.1 Å². The van der Waals surface area contributed by atoms with E-state index < -0.39 is 18.3 Å². The molecule has 1 aliphatic rings. The second-order valence-corrected chi connectivity index (χ2v) is 9.64. The second kappa shape index (κ2) is 7.81. The first-order valence-electron chi connectivity index (χ1n) is 8.63. The molecule has 0 amide bonds. The largest absolute Gasteiger partial charge is 0.466 e. The molecule has 0 unspecified atom stereocenters. The van der Waals surface area contributed by atoms with Crippen LogP contribution in [0.2, 0.25) is 0 Å². The summed E-state index contributed by atoms with van der Waals surface area (Å²) in [5.74, 6) is -0.427. The number of nitrogens with zero attached hydrogens (tertiary/aromatic N) is 1. The maximum atomic E-state index is 14.5. The van der Waals surface area contributed by atoms with Crippen LogP contribution in [-0.2, 0) is 14.1 Å². The molecule has 0 atom stereocenters. The molecule has 3 rings (SSSR count). The lowest BCUT2D eigenvalue weighted by Crippen LogP contribution is -2.34. The van der Waals surface area contributed by atoms with Crippen LogP contribution in [-0.4, -0.2) is 23.1 Å². The van der Waals surface area contributed by atoms with Crippen LogP contribution in [0.15, 0.2) is 97.5 Å². The molecule has 0 fully saturated rings. The fourth-order valence-electron chi connectivity index (χ4n) is 3.08. The molecule has 1 aliphatic heterocycles. The molecule has 0 radical (unpaired) electrons. The first-order chi connectivity index (χ1) is 13.0. The predicted octanol–water partition coefficient (Wildman–Crippen LogP) is 3.79. The minimum absolute atomic E-state index is 0.427. The molecule has 2 aromatic carbocycles. The van der Waals surface area contributed by atoms with Crippen LogP contribution in [0.3, 0.4) is 0 Å². The average molecular weight is 379 g/mol. The Morgan fingerprint density at radius 1 is 0.963 bits per heavy atom. The minimum Gasteiger partial charge on any atom is -0.466 e. The maximum Gasteiger partial charge on any atom is 0.331 e. The van der Waals surface area contributed by atoms with Gasteiger partial charge < -0.3 is 14.2 Å². The Balaban J connectivity index is 2.02. The van der Waals surface area contributed by atoms with E-state index in [2.05, 4.69) is 4.74 Å². The molecule has 0 saturated carbocycles. The Hall–Kier alpha value is -2.84. The maximum absolute atomic E-state index is 14.5. The molecule has 0 N–H and O–H groups in total. The van der Waals surface area contributed by atoms with Crippen LogP contribution in [0.5, 0.6) is 0 Å². The fourth-order valence-corrected chi connectivity index (χ4v) is 6.23. The molecule has 0 spiro atoms. The monoisotopic (exact) mass is 379 g/mol. The zero-order valence-electron chi connectivity index (χ0n) is 15.4. The van der Waals surface area contributed by atoms with Gasteiger partial charge in [-0.05, 0) is 6.92 Å². The van der Waals surface area contributed by atoms with E-state index in [-0.39, 0.29) is 0 Å². The highest BCUT2D eigenvalue weighted by Gasteiger charge is 2.44. The standard InChI is InChI=1S/C22H22NO3P/c1-22(14-17-23(18-15-22)16-13-21(24)26-2)27(25,19-9-5-3-6-10-19)20-11-7-4-8-12-20/h3-18H,1-2H3/b16-13+. The Kier molecular flexibility index (Phi) is 5.48. The molecule has 0 aliphatic carbocycles. The summed E-state index contributed by atoms with van der Waals surface area (Å²) in [4.78, 5) is 13.0. The predicted molar refractivity (Wildman–Crippen MR) is 109 cm³/mol. The third kappa shape index (κ3) is 3.67. The smallest absolute Gasteiger partial charge is 0.331 e. The van der Waals surface area contributed by atoms with Gasteiger partial charge in [0, 0.05) is 35.3 Å². The summed E-state index contributed by atoms with van der Waals surface area (Å²) < 4.78 is 19.1. The van der Waals surface area contributed by atoms with Gasteiger partial charge in [-0.25, -0.2) is 4.79 Å². The Morgan fingerprint density at radius 2 is 1.44 bits per heavy atom. The van der Waals surface area contributed by atoms with Gasteiger partial charge in [0.1, 0.15) is 0 Å². The minimum atomic E-state index is -3.00. The van der Waals surface area contributed by atoms with Gasteiger partial charge in [0.25, 0.3) is 0 Å². The van der Waals surface area contributed by atoms with Gasteiger partial charge in [-0.2, -0.15) is 0 Å². The number of carbonyl (C=O) groups excluding carboxylic acids is 1. The first kappa shape index (κ1) is 18.9. The summed E-state index contributed by atoms with van der Waals surface area (Å²) in [6.07, 6.45) is 10.4. The number of rotatable bonds is 5. The van der Waals surface area contributed by atoms with Crippen molar-refractivity contribution >= 4 is 23.7 Å². The lowest BCUT2D eigenvalue weighted by Gasteiger charge is -2.36. The molecule has 4 nitrogen and oxygen atoms in total. The van der Waals surface area contributed by atoms with Crippen molar-refractivity contribution in [3.63, 3.8) is 0 Å². The molecule has 0 aromatic heterocycles. The summed E-state index contributed by atoms with van der Waals surface area (Å²) >= 11 is 0. The van der Waals surface area contributed by atoms with Crippen LogP contribution < -0.4 is 10.6 Å². The van der Waals surface area contributed by atoms with Gasteiger partial charge in [-0.1, -0.05) is 72.8 Å². The van der Waals surface area contributed by atoms with Crippen LogP contribution in [0.25, 0.3) is 0 Å². The molecule has 2 aromatic rings. The quantitative estimate of drug-likeness (QED) is 0.451. The highest BCUT2D eigenvalue weighted by Crippen LogP contribution is 2.58. The van der Waals surface area contributed by atoms with Crippen LogP contribution in [0.4, 0.5) is 0 Å². The van der Waals surface area contributed by atoms with Crippen molar-refractivity contribution < 1.29 is 14.1 Å². The van der Waals surface area contributed by atoms with Gasteiger partial charge >= 0.3 is 5.97 Å². The van der Waals surface area contributed by atoms with Gasteiger partial charge in [-0.15, -0.1) is 0 Å². The highest BCUT2D eigenvalue weighted by molar-refractivity contribution is 7.80. The Bertz CT molecular complexity index is 875. The fraction of sp³-hybridized carbons (Fsp3) is 0.136. The second-order valence-electron chi connectivity index (χ2n) is 6.42. The third-order valence-electron chi connectivity index (χ3n) is 4.67. The molecular weight excluding hydrogens is 357 g/mol. The lowest BCUT2D eigenvalue weighted by atomic mass is 10.1. The van der Waals surface area contributed by atoms with E-state index in [0.29, 0.717) is 0 Å². The normalized spacial score (nSPS) is 15.9. The molecule has 0 saturated heterocycles. The zero-order chi connectivity index (χ0) is 19.3. The van der Waals surface area contributed by atoms with Gasteiger partial charge in [0.2, 0.25) is 0 Å². The molecule has 138 valence electrons. The summed E-state index contributed by atoms with van der Waals surface area (Å²) in [6.45, 7) is 1.97. The summed E-state index contributed by atoms with van der Waals surface area (Å²) in [5, 5.41) is 0.934. The number of ether oxygens (including phenoxy) is 1. The van der Waals surface area contributed by atoms with E-state index in [4.69, 9.17) is 0 Å². The summed E-state index contributed by atoms with van der Waals surface area (Å²) in [7, 11) is -1.66. The number of carbonyl (C=O) groups is 1. The lowest BCUT2D eigenvalue weighted by molar-refractivity contribution is -0.134. The number of methoxy groups -OCH3 is 1. The van der Waals surface area contributed by atoms with Crippen molar-refractivity contribution in [3.8, 4) is 0 Å². The van der Waals surface area contributed by atoms with E-state index >= 15 is 0 Å². The zero-order valence-corrected chi connectivity index (χ0v) is 16.3. The van der Waals surface area contributed by atoms with Crippen molar-refractivity contribution in [2.45, 2.75) is 12.1 Å². The molecule has 5 heteroatoms. The highest BCUT2D eigenvalue weighted by atomic mass is 31.2. The van der Waals surface area contributed by atoms with Crippen LogP contribution in [0, 0.1) is 0 Å². The Morgan fingerprint density at radius 3 is 1.89 bits per heavy atom. The van der Waals surface area contributed by atoms with Crippen molar-refractivity contribution in [2.24, 2.45) is 0 Å². The SMILES string of the molecule is COC(=O)/C=C/N1C=CC(C)(P(=O)(c2ccccc2)c2ccccc2)C=C1. The van der Waals surface area contributed by atoms with E-state index in [1.165, 1.54) is 13.2 Å².